The Bertz CT molecular complexity index is 102. The summed E-state index contributed by atoms with van der Waals surface area (Å²) >= 11 is 0. The van der Waals surface area contributed by atoms with Crippen molar-refractivity contribution in [3.8, 4) is 0 Å². The van der Waals surface area contributed by atoms with E-state index in [1.807, 2.05) is 0 Å². The molecular formula is C12H24O. The van der Waals surface area contributed by atoms with Gasteiger partial charge in [0.05, 0.1) is 6.10 Å². The smallest absolute Gasteiger partial charge is 0.0575 e. The molecule has 0 bridgehead atoms. The molecule has 78 valence electrons. The van der Waals surface area contributed by atoms with Crippen molar-refractivity contribution in [2.45, 2.75) is 70.8 Å². The first-order valence-electron chi connectivity index (χ1n) is 6.05. The minimum absolute atomic E-state index is 0.572. The molecule has 0 atom stereocenters. The molecule has 1 heteroatoms. The maximum atomic E-state index is 5.71. The molecule has 0 unspecified atom stereocenters. The van der Waals surface area contributed by atoms with Crippen molar-refractivity contribution >= 4 is 0 Å². The second-order valence-corrected chi connectivity index (χ2v) is 4.13. The van der Waals surface area contributed by atoms with E-state index in [2.05, 4.69) is 6.92 Å². The van der Waals surface area contributed by atoms with Crippen molar-refractivity contribution in [3.63, 3.8) is 0 Å². The molecule has 0 heterocycles. The van der Waals surface area contributed by atoms with E-state index in [-0.39, 0.29) is 0 Å². The Labute approximate surface area is 82.9 Å². The molecule has 0 aromatic carbocycles. The Balaban J connectivity index is 2.18. The van der Waals surface area contributed by atoms with Crippen LogP contribution in [0.3, 0.4) is 0 Å². The van der Waals surface area contributed by atoms with Gasteiger partial charge in [-0.1, -0.05) is 44.9 Å². The highest BCUT2D eigenvalue weighted by atomic mass is 16.5. The normalized spacial score (nSPS) is 22.8. The number of hydrogen-bond acceptors (Lipinski definition) is 1. The zero-order chi connectivity index (χ0) is 9.36. The largest absolute Gasteiger partial charge is 0.379 e. The maximum Gasteiger partial charge on any atom is 0.0575 e. The summed E-state index contributed by atoms with van der Waals surface area (Å²) in [5.74, 6) is 0. The average molecular weight is 184 g/mol. The lowest BCUT2D eigenvalue weighted by Crippen LogP contribution is -2.13. The fraction of sp³-hybridized carbons (Fsp3) is 1.00. The summed E-state index contributed by atoms with van der Waals surface area (Å²) < 4.78 is 5.71. The van der Waals surface area contributed by atoms with Crippen LogP contribution in [-0.2, 0) is 4.74 Å². The van der Waals surface area contributed by atoms with Crippen molar-refractivity contribution in [2.75, 3.05) is 6.61 Å². The zero-order valence-corrected chi connectivity index (χ0v) is 9.06. The Kier molecular flexibility index (Phi) is 6.26. The first-order chi connectivity index (χ1) is 6.43. The predicted octanol–water partition coefficient (Wildman–Crippen LogP) is 3.92. The molecule has 0 aromatic heterocycles. The average Bonchev–Trinajstić information content (AvgIpc) is 2.16. The van der Waals surface area contributed by atoms with Crippen LogP contribution in [0.2, 0.25) is 0 Å². The van der Waals surface area contributed by atoms with Gasteiger partial charge in [0, 0.05) is 6.61 Å². The second kappa shape index (κ2) is 7.37. The summed E-state index contributed by atoms with van der Waals surface area (Å²) in [6, 6.07) is 0. The first kappa shape index (κ1) is 11.0. The highest BCUT2D eigenvalue weighted by Crippen LogP contribution is 2.18. The van der Waals surface area contributed by atoms with E-state index in [1.54, 1.807) is 0 Å². The summed E-state index contributed by atoms with van der Waals surface area (Å²) in [7, 11) is 0. The molecule has 1 saturated carbocycles. The van der Waals surface area contributed by atoms with E-state index >= 15 is 0 Å². The minimum Gasteiger partial charge on any atom is -0.379 e. The van der Waals surface area contributed by atoms with E-state index in [4.69, 9.17) is 4.74 Å². The van der Waals surface area contributed by atoms with Gasteiger partial charge in [0.2, 0.25) is 0 Å². The summed E-state index contributed by atoms with van der Waals surface area (Å²) in [6.07, 6.45) is 13.1. The van der Waals surface area contributed by atoms with Crippen LogP contribution >= 0.6 is 0 Å². The lowest BCUT2D eigenvalue weighted by atomic mass is 9.99. The Morgan fingerprint density at radius 2 is 1.31 bits per heavy atom. The van der Waals surface area contributed by atoms with Crippen LogP contribution in [0.15, 0.2) is 0 Å². The fourth-order valence-corrected chi connectivity index (χ4v) is 2.17. The molecule has 0 amide bonds. The quantitative estimate of drug-likeness (QED) is 0.632. The SMILES string of the molecule is CCOC1CCCCCCCCC1. The number of hydrogen-bond donors (Lipinski definition) is 0. The van der Waals surface area contributed by atoms with Crippen molar-refractivity contribution < 1.29 is 4.74 Å². The third kappa shape index (κ3) is 5.30. The van der Waals surface area contributed by atoms with Crippen molar-refractivity contribution in [2.24, 2.45) is 0 Å². The second-order valence-electron chi connectivity index (χ2n) is 4.13. The topological polar surface area (TPSA) is 9.23 Å². The predicted molar refractivity (Wildman–Crippen MR) is 57.0 cm³/mol. The van der Waals surface area contributed by atoms with E-state index in [9.17, 15) is 0 Å². The molecule has 0 aliphatic heterocycles. The van der Waals surface area contributed by atoms with Crippen LogP contribution in [0.4, 0.5) is 0 Å². The molecule has 0 spiro atoms. The molecule has 1 aliphatic carbocycles. The van der Waals surface area contributed by atoms with Gasteiger partial charge in [-0.3, -0.25) is 0 Å². The van der Waals surface area contributed by atoms with E-state index in [0.717, 1.165) is 6.61 Å². The van der Waals surface area contributed by atoms with Crippen molar-refractivity contribution in [1.29, 1.82) is 0 Å². The first-order valence-corrected chi connectivity index (χ1v) is 6.05. The monoisotopic (exact) mass is 184 g/mol. The van der Waals surface area contributed by atoms with Gasteiger partial charge in [0.25, 0.3) is 0 Å². The minimum atomic E-state index is 0.572. The highest BCUT2D eigenvalue weighted by Gasteiger charge is 2.08. The van der Waals surface area contributed by atoms with Crippen LogP contribution in [0.1, 0.15) is 64.7 Å². The van der Waals surface area contributed by atoms with Gasteiger partial charge in [0.1, 0.15) is 0 Å². The summed E-state index contributed by atoms with van der Waals surface area (Å²) in [4.78, 5) is 0. The molecule has 0 saturated heterocycles. The van der Waals surface area contributed by atoms with Crippen LogP contribution in [0.25, 0.3) is 0 Å². The fourth-order valence-electron chi connectivity index (χ4n) is 2.17. The zero-order valence-electron chi connectivity index (χ0n) is 9.06. The Hall–Kier alpha value is -0.0400. The summed E-state index contributed by atoms with van der Waals surface area (Å²) in [5, 5.41) is 0. The van der Waals surface area contributed by atoms with E-state index < -0.39 is 0 Å². The maximum absolute atomic E-state index is 5.71. The molecule has 1 rings (SSSR count). The molecular weight excluding hydrogens is 160 g/mol. The number of rotatable bonds is 2. The van der Waals surface area contributed by atoms with Crippen LogP contribution in [-0.4, -0.2) is 12.7 Å². The summed E-state index contributed by atoms with van der Waals surface area (Å²) in [6.45, 7) is 3.00. The third-order valence-corrected chi connectivity index (χ3v) is 2.95. The molecule has 1 aliphatic rings. The summed E-state index contributed by atoms with van der Waals surface area (Å²) in [5.41, 5.74) is 0. The van der Waals surface area contributed by atoms with Gasteiger partial charge in [-0.25, -0.2) is 0 Å². The molecule has 0 N–H and O–H groups in total. The van der Waals surface area contributed by atoms with Crippen molar-refractivity contribution in [1.82, 2.24) is 0 Å². The van der Waals surface area contributed by atoms with Gasteiger partial charge in [-0.2, -0.15) is 0 Å². The molecule has 13 heavy (non-hydrogen) atoms. The Morgan fingerprint density at radius 1 is 0.846 bits per heavy atom. The molecule has 0 radical (unpaired) electrons. The molecule has 1 fully saturated rings. The van der Waals surface area contributed by atoms with Crippen molar-refractivity contribution in [3.05, 3.63) is 0 Å². The third-order valence-electron chi connectivity index (χ3n) is 2.95. The highest BCUT2D eigenvalue weighted by molar-refractivity contribution is 4.61. The van der Waals surface area contributed by atoms with Gasteiger partial charge >= 0.3 is 0 Å². The molecule has 1 nitrogen and oxygen atoms in total. The van der Waals surface area contributed by atoms with Gasteiger partial charge < -0.3 is 4.74 Å². The van der Waals surface area contributed by atoms with Crippen LogP contribution in [0.5, 0.6) is 0 Å². The van der Waals surface area contributed by atoms with Gasteiger partial charge in [-0.15, -0.1) is 0 Å². The standard InChI is InChI=1S/C12H24O/c1-2-13-12-10-8-6-4-3-5-7-9-11-12/h12H,2-11H2,1H3. The van der Waals surface area contributed by atoms with E-state index in [0.29, 0.717) is 6.10 Å². The number of ether oxygens (including phenoxy) is 1. The Morgan fingerprint density at radius 3 is 1.77 bits per heavy atom. The lowest BCUT2D eigenvalue weighted by molar-refractivity contribution is 0.0462. The van der Waals surface area contributed by atoms with Crippen LogP contribution in [0, 0.1) is 0 Å². The van der Waals surface area contributed by atoms with Gasteiger partial charge in [-0.05, 0) is 19.8 Å². The van der Waals surface area contributed by atoms with Gasteiger partial charge in [0.15, 0.2) is 0 Å². The molecule has 0 aromatic rings. The van der Waals surface area contributed by atoms with Crippen LogP contribution < -0.4 is 0 Å². The van der Waals surface area contributed by atoms with E-state index in [1.165, 1.54) is 57.8 Å². The lowest BCUT2D eigenvalue weighted by Gasteiger charge is -2.18.